The summed E-state index contributed by atoms with van der Waals surface area (Å²) in [5.41, 5.74) is 0.323. The molecule has 0 fully saturated rings. The lowest BCUT2D eigenvalue weighted by atomic mass is 10.2. The molecule has 0 saturated carbocycles. The van der Waals surface area contributed by atoms with E-state index in [0.717, 1.165) is 4.73 Å². The number of halogens is 3. The first-order valence-electron chi connectivity index (χ1n) is 3.78. The molecule has 1 aromatic carbocycles. The van der Waals surface area contributed by atoms with E-state index < -0.39 is 5.82 Å². The second-order valence-electron chi connectivity index (χ2n) is 2.79. The van der Waals surface area contributed by atoms with E-state index in [2.05, 4.69) is 15.9 Å². The van der Waals surface area contributed by atoms with E-state index in [9.17, 15) is 9.60 Å². The van der Waals surface area contributed by atoms with Crippen LogP contribution in [0.1, 0.15) is 0 Å². The van der Waals surface area contributed by atoms with Crippen molar-refractivity contribution in [2.45, 2.75) is 0 Å². The lowest BCUT2D eigenvalue weighted by Crippen LogP contribution is -2.30. The number of aromatic nitrogens is 1. The summed E-state index contributed by atoms with van der Waals surface area (Å²) in [6.45, 7) is 0. The largest absolute Gasteiger partial charge is 0.285 e. The number of fused-ring (bicyclic) bond motifs is 1. The zero-order valence-corrected chi connectivity index (χ0v) is 9.18. The van der Waals surface area contributed by atoms with Gasteiger partial charge >= 0.3 is 0 Å². The molecule has 0 unspecified atom stereocenters. The quantitative estimate of drug-likeness (QED) is 0.581. The molecule has 5 heteroatoms. The highest BCUT2D eigenvalue weighted by Crippen LogP contribution is 2.26. The molecule has 2 aromatic rings. The standard InChI is InChI=1S/C9H5BrClFNO/c10-5-3-7(12)9-6(11)1-2-13(14)8(9)4-5/h1-4,14H/q+1. The highest BCUT2D eigenvalue weighted by molar-refractivity contribution is 9.10. The number of hydrogen-bond acceptors (Lipinski definition) is 1. The van der Waals surface area contributed by atoms with Gasteiger partial charge in [-0.25, -0.2) is 4.39 Å². The Bertz CT molecular complexity index is 518. The third kappa shape index (κ3) is 1.44. The Hall–Kier alpha value is -0.870. The summed E-state index contributed by atoms with van der Waals surface area (Å²) < 4.78 is 14.8. The van der Waals surface area contributed by atoms with Gasteiger partial charge in [-0.2, -0.15) is 0 Å². The van der Waals surface area contributed by atoms with Gasteiger partial charge < -0.3 is 0 Å². The molecule has 0 bridgehead atoms. The lowest BCUT2D eigenvalue weighted by molar-refractivity contribution is -0.884. The number of pyridine rings is 1. The van der Waals surface area contributed by atoms with Crippen LogP contribution in [0, 0.1) is 5.82 Å². The van der Waals surface area contributed by atoms with E-state index in [1.54, 1.807) is 6.07 Å². The Kier molecular flexibility index (Phi) is 2.33. The van der Waals surface area contributed by atoms with Crippen molar-refractivity contribution in [3.05, 3.63) is 39.7 Å². The number of hydrogen-bond donors (Lipinski definition) is 1. The van der Waals surface area contributed by atoms with Crippen molar-refractivity contribution >= 4 is 38.4 Å². The maximum atomic E-state index is 13.4. The molecule has 0 aliphatic carbocycles. The molecule has 0 amide bonds. The first-order chi connectivity index (χ1) is 6.59. The average molecular weight is 278 g/mol. The molecule has 1 heterocycles. The monoisotopic (exact) mass is 276 g/mol. The molecule has 0 aliphatic rings. The van der Waals surface area contributed by atoms with Crippen LogP contribution < -0.4 is 4.73 Å². The smallest absolute Gasteiger partial charge is 0.270 e. The van der Waals surface area contributed by atoms with Gasteiger partial charge in [-0.3, -0.25) is 5.21 Å². The molecule has 0 saturated heterocycles. The molecular weight excluding hydrogens is 272 g/mol. The van der Waals surface area contributed by atoms with E-state index in [4.69, 9.17) is 11.6 Å². The summed E-state index contributed by atoms with van der Waals surface area (Å²) in [7, 11) is 0. The highest BCUT2D eigenvalue weighted by atomic mass is 79.9. The van der Waals surface area contributed by atoms with Crippen molar-refractivity contribution in [1.82, 2.24) is 0 Å². The summed E-state index contributed by atoms with van der Waals surface area (Å²) in [6.07, 6.45) is 1.36. The van der Waals surface area contributed by atoms with E-state index in [0.29, 0.717) is 9.99 Å². The van der Waals surface area contributed by atoms with Crippen LogP contribution in [0.15, 0.2) is 28.9 Å². The number of rotatable bonds is 0. The molecule has 72 valence electrons. The maximum absolute atomic E-state index is 13.4. The molecule has 0 atom stereocenters. The fourth-order valence-corrected chi connectivity index (χ4v) is 1.94. The van der Waals surface area contributed by atoms with Crippen LogP contribution in [0.5, 0.6) is 0 Å². The second kappa shape index (κ2) is 3.37. The van der Waals surface area contributed by atoms with Crippen molar-refractivity contribution in [2.75, 3.05) is 0 Å². The molecule has 2 nitrogen and oxygen atoms in total. The van der Waals surface area contributed by atoms with Crippen LogP contribution in [-0.4, -0.2) is 5.21 Å². The molecule has 0 aliphatic heterocycles. The Morgan fingerprint density at radius 2 is 2.14 bits per heavy atom. The minimum atomic E-state index is -0.470. The zero-order valence-electron chi connectivity index (χ0n) is 6.84. The van der Waals surface area contributed by atoms with Crippen LogP contribution >= 0.6 is 27.5 Å². The van der Waals surface area contributed by atoms with Gasteiger partial charge in [0.2, 0.25) is 6.20 Å². The first kappa shape index (κ1) is 9.68. The van der Waals surface area contributed by atoms with Gasteiger partial charge in [-0.1, -0.05) is 27.5 Å². The van der Waals surface area contributed by atoms with E-state index in [1.807, 2.05) is 0 Å². The Balaban J connectivity index is 3.00. The number of benzene rings is 1. The zero-order chi connectivity index (χ0) is 10.3. The second-order valence-corrected chi connectivity index (χ2v) is 4.11. The van der Waals surface area contributed by atoms with E-state index in [1.165, 1.54) is 18.3 Å². The predicted molar refractivity (Wildman–Crippen MR) is 54.0 cm³/mol. The van der Waals surface area contributed by atoms with Crippen molar-refractivity contribution in [2.24, 2.45) is 0 Å². The van der Waals surface area contributed by atoms with Crippen LogP contribution in [0.25, 0.3) is 10.9 Å². The predicted octanol–water partition coefficient (Wildman–Crippen LogP) is 2.92. The third-order valence-corrected chi connectivity index (χ3v) is 2.65. The molecule has 1 N–H and O–H groups in total. The van der Waals surface area contributed by atoms with E-state index in [-0.39, 0.29) is 10.4 Å². The Morgan fingerprint density at radius 1 is 1.43 bits per heavy atom. The summed E-state index contributed by atoms with van der Waals surface area (Å²) in [5, 5.41) is 9.90. The Labute approximate surface area is 92.6 Å². The molecule has 1 aromatic heterocycles. The van der Waals surface area contributed by atoms with Gasteiger partial charge in [0.1, 0.15) is 11.2 Å². The SMILES string of the molecule is O[n+]1ccc(Cl)c2c(F)cc(Br)cc21. The van der Waals surface area contributed by atoms with Gasteiger partial charge in [0.15, 0.2) is 0 Å². The number of nitrogens with zero attached hydrogens (tertiary/aromatic N) is 1. The van der Waals surface area contributed by atoms with E-state index >= 15 is 0 Å². The van der Waals surface area contributed by atoms with Gasteiger partial charge in [-0.15, -0.1) is 0 Å². The maximum Gasteiger partial charge on any atom is 0.270 e. The molecule has 2 rings (SSSR count). The molecule has 0 spiro atoms. The van der Waals surface area contributed by atoms with Crippen LogP contribution in [-0.2, 0) is 0 Å². The third-order valence-electron chi connectivity index (χ3n) is 1.88. The summed E-state index contributed by atoms with van der Waals surface area (Å²) >= 11 is 8.94. The summed E-state index contributed by atoms with van der Waals surface area (Å²) in [4.78, 5) is 0. The topological polar surface area (TPSA) is 24.1 Å². The highest BCUT2D eigenvalue weighted by Gasteiger charge is 2.16. The van der Waals surface area contributed by atoms with Crippen LogP contribution in [0.2, 0.25) is 5.02 Å². The average Bonchev–Trinajstić information content (AvgIpc) is 2.10. The van der Waals surface area contributed by atoms with Gasteiger partial charge in [-0.05, 0) is 6.07 Å². The van der Waals surface area contributed by atoms with Gasteiger partial charge in [0, 0.05) is 21.3 Å². The molecule has 14 heavy (non-hydrogen) atoms. The minimum Gasteiger partial charge on any atom is -0.285 e. The van der Waals surface area contributed by atoms with Crippen molar-refractivity contribution in [3.63, 3.8) is 0 Å². The normalized spacial score (nSPS) is 10.8. The molecular formula is C9H5BrClFNO+. The van der Waals surface area contributed by atoms with Crippen molar-refractivity contribution in [3.8, 4) is 0 Å². The lowest BCUT2D eigenvalue weighted by Gasteiger charge is -1.98. The Morgan fingerprint density at radius 3 is 2.86 bits per heavy atom. The van der Waals surface area contributed by atoms with Crippen LogP contribution in [0.3, 0.4) is 0 Å². The van der Waals surface area contributed by atoms with Crippen LogP contribution in [0.4, 0.5) is 4.39 Å². The fraction of sp³-hybridized carbons (Fsp3) is 0. The minimum absolute atomic E-state index is 0.208. The first-order valence-corrected chi connectivity index (χ1v) is 4.95. The van der Waals surface area contributed by atoms with Gasteiger partial charge in [0.05, 0.1) is 5.02 Å². The van der Waals surface area contributed by atoms with Crippen molar-refractivity contribution < 1.29 is 14.3 Å². The summed E-state index contributed by atoms with van der Waals surface area (Å²) in [5.74, 6) is -0.470. The molecule has 0 radical (unpaired) electrons. The summed E-state index contributed by atoms with van der Waals surface area (Å²) in [6, 6.07) is 4.32. The van der Waals surface area contributed by atoms with Gasteiger partial charge in [0.25, 0.3) is 5.52 Å². The fourth-order valence-electron chi connectivity index (χ4n) is 1.28. The van der Waals surface area contributed by atoms with Crippen molar-refractivity contribution in [1.29, 1.82) is 0 Å².